The molecular weight excluding hydrogens is 240 g/mol. The number of aryl methyl sites for hydroxylation is 1. The number of halogens is 1. The van der Waals surface area contributed by atoms with Gasteiger partial charge in [-0.05, 0) is 24.5 Å². The Hall–Kier alpha value is -0.800. The predicted octanol–water partition coefficient (Wildman–Crippen LogP) is 3.85. The Balaban J connectivity index is 1.98. The number of rotatable bonds is 1. The second kappa shape index (κ2) is 3.90. The maximum atomic E-state index is 5.94. The van der Waals surface area contributed by atoms with Gasteiger partial charge in [-0.2, -0.15) is 0 Å². The summed E-state index contributed by atoms with van der Waals surface area (Å²) in [6, 6.07) is 3.98. The van der Waals surface area contributed by atoms with Gasteiger partial charge < -0.3 is 4.57 Å². The van der Waals surface area contributed by atoms with Gasteiger partial charge in [-0.25, -0.2) is 4.98 Å². The predicted molar refractivity (Wildman–Crippen MR) is 68.0 cm³/mol. The third-order valence-electron chi connectivity index (χ3n) is 3.05. The summed E-state index contributed by atoms with van der Waals surface area (Å²) in [5.74, 6) is 1.99. The summed E-state index contributed by atoms with van der Waals surface area (Å²) in [5.41, 5.74) is 1.07. The van der Waals surface area contributed by atoms with E-state index in [1.807, 2.05) is 12.1 Å². The molecule has 0 aliphatic carbocycles. The molecule has 1 aliphatic heterocycles. The van der Waals surface area contributed by atoms with Crippen molar-refractivity contribution in [3.63, 3.8) is 0 Å². The molecule has 16 heavy (non-hydrogen) atoms. The Morgan fingerprint density at radius 2 is 2.38 bits per heavy atom. The first-order valence-electron chi connectivity index (χ1n) is 5.54. The second-order valence-corrected chi connectivity index (χ2v) is 6.16. The number of aromatic nitrogens is 2. The number of nitrogens with zero attached hydrogens (tertiary/aromatic N) is 2. The van der Waals surface area contributed by atoms with E-state index in [4.69, 9.17) is 11.6 Å². The molecule has 2 nitrogen and oxygen atoms in total. The Morgan fingerprint density at radius 3 is 3.12 bits per heavy atom. The molecule has 2 aromatic rings. The molecular formula is C12H13ClN2S. The summed E-state index contributed by atoms with van der Waals surface area (Å²) in [5, 5.41) is 0. The molecule has 2 aromatic heterocycles. The van der Waals surface area contributed by atoms with Crippen LogP contribution < -0.4 is 0 Å². The quantitative estimate of drug-likeness (QED) is 0.754. The van der Waals surface area contributed by atoms with Crippen molar-refractivity contribution >= 4 is 22.9 Å². The lowest BCUT2D eigenvalue weighted by Crippen LogP contribution is -2.17. The first kappa shape index (κ1) is 10.4. The van der Waals surface area contributed by atoms with Crippen LogP contribution >= 0.6 is 22.9 Å². The summed E-state index contributed by atoms with van der Waals surface area (Å²) in [6.07, 6.45) is 4.51. The van der Waals surface area contributed by atoms with E-state index in [-0.39, 0.29) is 0 Å². The fraction of sp³-hybridized carbons (Fsp3) is 0.417. The van der Waals surface area contributed by atoms with E-state index in [0.717, 1.165) is 28.9 Å². The highest BCUT2D eigenvalue weighted by molar-refractivity contribution is 7.19. The molecule has 84 valence electrons. The van der Waals surface area contributed by atoms with Gasteiger partial charge in [-0.1, -0.05) is 18.5 Å². The molecule has 0 amide bonds. The highest BCUT2D eigenvalue weighted by Crippen LogP contribution is 2.31. The van der Waals surface area contributed by atoms with Crippen molar-refractivity contribution < 1.29 is 0 Å². The molecule has 0 spiro atoms. The van der Waals surface area contributed by atoms with Crippen molar-refractivity contribution in [1.29, 1.82) is 0 Å². The summed E-state index contributed by atoms with van der Waals surface area (Å²) in [6.45, 7) is 3.39. The van der Waals surface area contributed by atoms with Crippen molar-refractivity contribution in [1.82, 2.24) is 9.55 Å². The molecule has 1 aliphatic rings. The Labute approximate surface area is 104 Å². The Kier molecular flexibility index (Phi) is 2.52. The van der Waals surface area contributed by atoms with E-state index in [1.54, 1.807) is 11.3 Å². The lowest BCUT2D eigenvalue weighted by Gasteiger charge is -2.19. The fourth-order valence-electron chi connectivity index (χ4n) is 2.19. The van der Waals surface area contributed by atoms with Crippen molar-refractivity contribution in [3.05, 3.63) is 28.5 Å². The average molecular weight is 253 g/mol. The molecule has 0 saturated heterocycles. The fourth-order valence-corrected chi connectivity index (χ4v) is 3.18. The SMILES string of the molecule is C[C@H]1CCc2nc(-c3ccc(Cl)s3)cn2C1. The zero-order valence-corrected chi connectivity index (χ0v) is 10.7. The summed E-state index contributed by atoms with van der Waals surface area (Å²) >= 11 is 7.54. The average Bonchev–Trinajstić information content (AvgIpc) is 2.83. The molecule has 0 unspecified atom stereocenters. The second-order valence-electron chi connectivity index (χ2n) is 4.44. The van der Waals surface area contributed by atoms with Crippen LogP contribution in [0.25, 0.3) is 10.6 Å². The molecule has 0 N–H and O–H groups in total. The van der Waals surface area contributed by atoms with Crippen molar-refractivity contribution in [2.45, 2.75) is 26.3 Å². The van der Waals surface area contributed by atoms with Crippen LogP contribution in [-0.4, -0.2) is 9.55 Å². The van der Waals surface area contributed by atoms with E-state index in [2.05, 4.69) is 22.7 Å². The third-order valence-corrected chi connectivity index (χ3v) is 4.31. The molecule has 0 saturated carbocycles. The van der Waals surface area contributed by atoms with Crippen LogP contribution in [-0.2, 0) is 13.0 Å². The van der Waals surface area contributed by atoms with Crippen LogP contribution in [0.2, 0.25) is 4.34 Å². The van der Waals surface area contributed by atoms with Gasteiger partial charge in [0.2, 0.25) is 0 Å². The Morgan fingerprint density at radius 1 is 1.50 bits per heavy atom. The smallest absolute Gasteiger partial charge is 0.109 e. The van der Waals surface area contributed by atoms with E-state index < -0.39 is 0 Å². The summed E-state index contributed by atoms with van der Waals surface area (Å²) in [7, 11) is 0. The largest absolute Gasteiger partial charge is 0.334 e. The summed E-state index contributed by atoms with van der Waals surface area (Å²) < 4.78 is 3.12. The minimum absolute atomic E-state index is 0.765. The normalized spacial score (nSPS) is 19.8. The Bertz CT molecular complexity index is 515. The number of hydrogen-bond donors (Lipinski definition) is 0. The first-order chi connectivity index (χ1) is 7.72. The minimum atomic E-state index is 0.765. The maximum absolute atomic E-state index is 5.94. The maximum Gasteiger partial charge on any atom is 0.109 e. The van der Waals surface area contributed by atoms with Crippen LogP contribution in [0, 0.1) is 5.92 Å². The molecule has 0 bridgehead atoms. The molecule has 3 rings (SSSR count). The van der Waals surface area contributed by atoms with Crippen molar-refractivity contribution in [3.8, 4) is 10.6 Å². The van der Waals surface area contributed by atoms with Gasteiger partial charge in [0.25, 0.3) is 0 Å². The number of thiophene rings is 1. The zero-order chi connectivity index (χ0) is 11.1. The van der Waals surface area contributed by atoms with Crippen molar-refractivity contribution in [2.24, 2.45) is 5.92 Å². The van der Waals surface area contributed by atoms with Crippen LogP contribution in [0.1, 0.15) is 19.2 Å². The molecule has 3 heterocycles. The van der Waals surface area contributed by atoms with Crippen LogP contribution in [0.15, 0.2) is 18.3 Å². The number of hydrogen-bond acceptors (Lipinski definition) is 2. The van der Waals surface area contributed by atoms with Crippen molar-refractivity contribution in [2.75, 3.05) is 0 Å². The van der Waals surface area contributed by atoms with Crippen LogP contribution in [0.4, 0.5) is 0 Å². The van der Waals surface area contributed by atoms with E-state index >= 15 is 0 Å². The van der Waals surface area contributed by atoms with Gasteiger partial charge in [0.1, 0.15) is 5.82 Å². The van der Waals surface area contributed by atoms with Gasteiger partial charge in [-0.3, -0.25) is 0 Å². The molecule has 0 aromatic carbocycles. The lowest BCUT2D eigenvalue weighted by atomic mass is 10.0. The third kappa shape index (κ3) is 1.78. The number of fused-ring (bicyclic) bond motifs is 1. The molecule has 1 atom stereocenters. The van der Waals surface area contributed by atoms with E-state index in [1.165, 1.54) is 17.1 Å². The van der Waals surface area contributed by atoms with Gasteiger partial charge in [0, 0.05) is 19.2 Å². The zero-order valence-electron chi connectivity index (χ0n) is 9.11. The highest BCUT2D eigenvalue weighted by atomic mass is 35.5. The van der Waals surface area contributed by atoms with Gasteiger partial charge in [-0.15, -0.1) is 11.3 Å². The first-order valence-corrected chi connectivity index (χ1v) is 6.73. The topological polar surface area (TPSA) is 17.8 Å². The van der Waals surface area contributed by atoms with E-state index in [0.29, 0.717) is 0 Å². The van der Waals surface area contributed by atoms with Crippen LogP contribution in [0.3, 0.4) is 0 Å². The summed E-state index contributed by atoms with van der Waals surface area (Å²) in [4.78, 5) is 5.85. The highest BCUT2D eigenvalue weighted by Gasteiger charge is 2.18. The number of imidazole rings is 1. The molecule has 4 heteroatoms. The monoisotopic (exact) mass is 252 g/mol. The molecule has 0 radical (unpaired) electrons. The van der Waals surface area contributed by atoms with Crippen LogP contribution in [0.5, 0.6) is 0 Å². The van der Waals surface area contributed by atoms with Gasteiger partial charge >= 0.3 is 0 Å². The molecule has 0 fully saturated rings. The lowest BCUT2D eigenvalue weighted by molar-refractivity contribution is 0.394. The van der Waals surface area contributed by atoms with E-state index in [9.17, 15) is 0 Å². The van der Waals surface area contributed by atoms with Gasteiger partial charge in [0.15, 0.2) is 0 Å². The van der Waals surface area contributed by atoms with Gasteiger partial charge in [0.05, 0.1) is 14.9 Å². The standard InChI is InChI=1S/C12H13ClN2S/c1-8-2-5-12-14-9(7-15(12)6-8)10-3-4-11(13)16-10/h3-4,7-8H,2,5-6H2,1H3/t8-/m0/s1. The minimum Gasteiger partial charge on any atom is -0.334 e.